The second-order valence-electron chi connectivity index (χ2n) is 6.56. The molecule has 2 aromatic heterocycles. The average molecular weight is 371 g/mol. The van der Waals surface area contributed by atoms with E-state index >= 15 is 0 Å². The highest BCUT2D eigenvalue weighted by atomic mass is 16.3. The van der Waals surface area contributed by atoms with Gasteiger partial charge < -0.3 is 20.4 Å². The number of likely N-dealkylation sites (tertiary alicyclic amines) is 1. The molecule has 0 aromatic carbocycles. The molecule has 1 saturated heterocycles. The third-order valence-electron chi connectivity index (χ3n) is 4.64. The Balaban J connectivity index is 1.68. The van der Waals surface area contributed by atoms with Gasteiger partial charge in [0, 0.05) is 50.0 Å². The Morgan fingerprint density at radius 1 is 1.37 bits per heavy atom. The number of hydrogen-bond acceptors (Lipinski definition) is 6. The summed E-state index contributed by atoms with van der Waals surface area (Å²) in [5.41, 5.74) is 1.54. The van der Waals surface area contributed by atoms with Crippen LogP contribution in [0.4, 0.5) is 5.82 Å². The summed E-state index contributed by atoms with van der Waals surface area (Å²) in [5.74, 6) is 0.452. The number of amides is 2. The Bertz CT molecular complexity index is 777. The van der Waals surface area contributed by atoms with E-state index in [9.17, 15) is 9.59 Å². The summed E-state index contributed by atoms with van der Waals surface area (Å²) in [6, 6.07) is 4.88. The molecule has 144 valence electrons. The van der Waals surface area contributed by atoms with E-state index in [4.69, 9.17) is 4.42 Å². The minimum atomic E-state index is -0.282. The van der Waals surface area contributed by atoms with E-state index in [2.05, 4.69) is 25.8 Å². The van der Waals surface area contributed by atoms with E-state index in [0.29, 0.717) is 37.4 Å². The summed E-state index contributed by atoms with van der Waals surface area (Å²) < 4.78 is 5.13. The first kappa shape index (κ1) is 18.9. The molecule has 2 atom stereocenters. The van der Waals surface area contributed by atoms with Gasteiger partial charge in [-0.1, -0.05) is 0 Å². The summed E-state index contributed by atoms with van der Waals surface area (Å²) in [4.78, 5) is 31.3. The number of nitrogens with zero attached hydrogens (tertiary/aromatic N) is 2. The molecule has 0 unspecified atom stereocenters. The molecule has 8 heteroatoms. The molecule has 2 aromatic rings. The van der Waals surface area contributed by atoms with Crippen molar-refractivity contribution in [2.24, 2.45) is 0 Å². The van der Waals surface area contributed by atoms with E-state index in [1.807, 2.05) is 13.0 Å². The van der Waals surface area contributed by atoms with Crippen molar-refractivity contribution >= 4 is 17.6 Å². The van der Waals surface area contributed by atoms with Crippen molar-refractivity contribution in [1.29, 1.82) is 0 Å². The molecular formula is C19H25N5O3. The molecule has 1 aliphatic heterocycles. The molecule has 3 heterocycles. The number of carbonyl (C=O) groups is 2. The smallest absolute Gasteiger partial charge is 0.251 e. The molecule has 3 rings (SSSR count). The van der Waals surface area contributed by atoms with Crippen LogP contribution in [-0.2, 0) is 11.3 Å². The van der Waals surface area contributed by atoms with E-state index < -0.39 is 0 Å². The fraction of sp³-hybridized carbons (Fsp3) is 0.421. The summed E-state index contributed by atoms with van der Waals surface area (Å²) in [6.07, 6.45) is 5.46. The van der Waals surface area contributed by atoms with Gasteiger partial charge in [-0.25, -0.2) is 4.98 Å². The summed E-state index contributed by atoms with van der Waals surface area (Å²) in [5, 5.41) is 8.85. The van der Waals surface area contributed by atoms with E-state index in [1.54, 1.807) is 37.9 Å². The van der Waals surface area contributed by atoms with Crippen LogP contribution >= 0.6 is 0 Å². The summed E-state index contributed by atoms with van der Waals surface area (Å²) in [7, 11) is 1.76. The number of rotatable bonds is 7. The van der Waals surface area contributed by atoms with Crippen LogP contribution in [0.3, 0.4) is 0 Å². The quantitative estimate of drug-likeness (QED) is 0.677. The van der Waals surface area contributed by atoms with Crippen LogP contribution in [0.2, 0.25) is 0 Å². The van der Waals surface area contributed by atoms with Crippen LogP contribution in [0, 0.1) is 0 Å². The molecule has 0 radical (unpaired) electrons. The highest BCUT2D eigenvalue weighted by molar-refractivity contribution is 5.95. The van der Waals surface area contributed by atoms with Crippen LogP contribution < -0.4 is 16.0 Å². The van der Waals surface area contributed by atoms with Gasteiger partial charge in [0.05, 0.1) is 18.6 Å². The van der Waals surface area contributed by atoms with Crippen LogP contribution in [0.5, 0.6) is 0 Å². The SMILES string of the molecule is CCNC(=O)[C@@H]1C[C@@H](NC(=O)c2ccnc(NC)c2)CN1Cc1ccoc1. The standard InChI is InChI=1S/C19H25N5O3/c1-3-21-19(26)16-9-15(11-24(16)10-13-5-7-27-12-13)23-18(25)14-4-6-22-17(8-14)20-2/h4-8,12,15-16H,3,9-11H2,1-2H3,(H,20,22)(H,21,26)(H,23,25)/t15-,16+/m1/s1. The largest absolute Gasteiger partial charge is 0.472 e. The molecule has 8 nitrogen and oxygen atoms in total. The normalized spacial score (nSPS) is 19.6. The van der Waals surface area contributed by atoms with Crippen molar-refractivity contribution in [1.82, 2.24) is 20.5 Å². The number of carbonyl (C=O) groups excluding carboxylic acids is 2. The van der Waals surface area contributed by atoms with Gasteiger partial charge >= 0.3 is 0 Å². The Kier molecular flexibility index (Phi) is 6.08. The number of furan rings is 1. The second kappa shape index (κ2) is 8.68. The molecule has 27 heavy (non-hydrogen) atoms. The van der Waals surface area contributed by atoms with Crippen LogP contribution in [0.25, 0.3) is 0 Å². The number of anilines is 1. The zero-order valence-electron chi connectivity index (χ0n) is 15.6. The molecule has 0 saturated carbocycles. The zero-order chi connectivity index (χ0) is 19.2. The maximum Gasteiger partial charge on any atom is 0.251 e. The lowest BCUT2D eigenvalue weighted by molar-refractivity contribution is -0.125. The van der Waals surface area contributed by atoms with Gasteiger partial charge in [-0.2, -0.15) is 0 Å². The number of nitrogens with one attached hydrogen (secondary N) is 3. The Hall–Kier alpha value is -2.87. The van der Waals surface area contributed by atoms with Crippen molar-refractivity contribution < 1.29 is 14.0 Å². The van der Waals surface area contributed by atoms with Gasteiger partial charge in [0.1, 0.15) is 5.82 Å². The fourth-order valence-electron chi connectivity index (χ4n) is 3.34. The van der Waals surface area contributed by atoms with Crippen molar-refractivity contribution in [2.75, 3.05) is 25.5 Å². The first-order valence-electron chi connectivity index (χ1n) is 9.08. The van der Waals surface area contributed by atoms with Crippen molar-refractivity contribution in [3.05, 3.63) is 48.0 Å². The predicted molar refractivity (Wildman–Crippen MR) is 101 cm³/mol. The molecule has 0 spiro atoms. The minimum Gasteiger partial charge on any atom is -0.472 e. The Labute approximate surface area is 158 Å². The molecule has 0 bridgehead atoms. The molecule has 2 amide bonds. The fourth-order valence-corrected chi connectivity index (χ4v) is 3.34. The van der Waals surface area contributed by atoms with E-state index in [-0.39, 0.29) is 23.9 Å². The Morgan fingerprint density at radius 2 is 2.22 bits per heavy atom. The highest BCUT2D eigenvalue weighted by Gasteiger charge is 2.37. The lowest BCUT2D eigenvalue weighted by Crippen LogP contribution is -2.42. The average Bonchev–Trinajstić information content (AvgIpc) is 3.32. The van der Waals surface area contributed by atoms with E-state index in [1.165, 1.54) is 0 Å². The van der Waals surface area contributed by atoms with Gasteiger partial charge in [-0.05, 0) is 31.5 Å². The lowest BCUT2D eigenvalue weighted by Gasteiger charge is -2.22. The molecule has 0 aliphatic carbocycles. The van der Waals surface area contributed by atoms with Crippen LogP contribution in [0.1, 0.15) is 29.3 Å². The Morgan fingerprint density at radius 3 is 2.93 bits per heavy atom. The maximum atomic E-state index is 12.6. The maximum absolute atomic E-state index is 12.6. The van der Waals surface area contributed by atoms with Crippen molar-refractivity contribution in [3.8, 4) is 0 Å². The van der Waals surface area contributed by atoms with Gasteiger partial charge in [0.25, 0.3) is 5.91 Å². The zero-order valence-corrected chi connectivity index (χ0v) is 15.6. The number of aromatic nitrogens is 1. The van der Waals surface area contributed by atoms with Crippen molar-refractivity contribution in [2.45, 2.75) is 32.0 Å². The first-order chi connectivity index (χ1) is 13.1. The number of likely N-dealkylation sites (N-methyl/N-ethyl adjacent to an activating group) is 1. The number of hydrogen-bond donors (Lipinski definition) is 3. The molecular weight excluding hydrogens is 346 g/mol. The van der Waals surface area contributed by atoms with Crippen molar-refractivity contribution in [3.63, 3.8) is 0 Å². The monoisotopic (exact) mass is 371 g/mol. The van der Waals surface area contributed by atoms with Gasteiger partial charge in [0.15, 0.2) is 0 Å². The lowest BCUT2D eigenvalue weighted by atomic mass is 10.1. The predicted octanol–water partition coefficient (Wildman–Crippen LogP) is 1.23. The minimum absolute atomic E-state index is 0.0147. The third-order valence-corrected chi connectivity index (χ3v) is 4.64. The first-order valence-corrected chi connectivity index (χ1v) is 9.08. The van der Waals surface area contributed by atoms with Gasteiger partial charge in [-0.15, -0.1) is 0 Å². The molecule has 1 aliphatic rings. The highest BCUT2D eigenvalue weighted by Crippen LogP contribution is 2.22. The topological polar surface area (TPSA) is 99.5 Å². The molecule has 1 fully saturated rings. The van der Waals surface area contributed by atoms with E-state index in [0.717, 1.165) is 5.56 Å². The third kappa shape index (κ3) is 4.65. The second-order valence-corrected chi connectivity index (χ2v) is 6.56. The summed E-state index contributed by atoms with van der Waals surface area (Å²) >= 11 is 0. The summed E-state index contributed by atoms with van der Waals surface area (Å²) in [6.45, 7) is 3.68. The van der Waals surface area contributed by atoms with Gasteiger partial charge in [-0.3, -0.25) is 14.5 Å². The van der Waals surface area contributed by atoms with Crippen LogP contribution in [0.15, 0.2) is 41.3 Å². The van der Waals surface area contributed by atoms with Gasteiger partial charge in [0.2, 0.25) is 5.91 Å². The molecule has 3 N–H and O–H groups in total. The van der Waals surface area contributed by atoms with Crippen LogP contribution in [-0.4, -0.2) is 53.9 Å². The number of pyridine rings is 1.